The van der Waals surface area contributed by atoms with Gasteiger partial charge in [0.25, 0.3) is 0 Å². The van der Waals surface area contributed by atoms with E-state index in [4.69, 9.17) is 72.3 Å². The van der Waals surface area contributed by atoms with Gasteiger partial charge in [0.2, 0.25) is 0 Å². The number of hydrogen-bond donors (Lipinski definition) is 0. The summed E-state index contributed by atoms with van der Waals surface area (Å²) in [5.41, 5.74) is 18.1. The van der Waals surface area contributed by atoms with Crippen molar-refractivity contribution in [2.24, 2.45) is 10.2 Å². The molecule has 0 atom stereocenters. The predicted octanol–water partition coefficient (Wildman–Crippen LogP) is 6.23. The van der Waals surface area contributed by atoms with E-state index in [0.29, 0.717) is 172 Å². The van der Waals surface area contributed by atoms with Crippen molar-refractivity contribution in [2.75, 3.05) is 176 Å². The maximum atomic E-state index is 8.12. The Labute approximate surface area is 419 Å². The maximum Gasteiger partial charge on any atom is 0.196 e. The largest absolute Gasteiger partial charge is 0.420 e. The summed E-state index contributed by atoms with van der Waals surface area (Å²) in [4.78, 5) is 22.8. The molecule has 2 aromatic heterocycles. The summed E-state index contributed by atoms with van der Waals surface area (Å²) in [6, 6.07) is 0. The van der Waals surface area contributed by atoms with Crippen molar-refractivity contribution in [3.05, 3.63) is 56.8 Å². The van der Waals surface area contributed by atoms with Crippen LogP contribution in [0.5, 0.6) is 0 Å². The molecule has 0 saturated carbocycles. The molecular weight excluding hydrogens is 973 g/mol. The Morgan fingerprint density at radius 2 is 0.681 bits per heavy atom. The van der Waals surface area contributed by atoms with Gasteiger partial charge in [-0.15, -0.1) is 0 Å². The molecule has 0 fully saturated rings. The topological polar surface area (TPSA) is 269 Å². The molecule has 0 radical (unpaired) electrons. The first kappa shape index (κ1) is 64.4. The highest BCUT2D eigenvalue weighted by Crippen LogP contribution is 2.19. The van der Waals surface area contributed by atoms with E-state index in [9.17, 15) is 0 Å². The van der Waals surface area contributed by atoms with Crippen molar-refractivity contribution in [1.29, 1.82) is 0 Å². The van der Waals surface area contributed by atoms with Crippen molar-refractivity contribution in [2.45, 2.75) is 56.3 Å². The lowest BCUT2D eigenvalue weighted by molar-refractivity contribution is -0.0174. The number of ether oxygens (including phenoxy) is 12. The molecule has 27 heteroatoms. The molecule has 0 aliphatic rings. The molecule has 69 heavy (non-hydrogen) atoms. The Hall–Kier alpha value is -2.61. The van der Waals surface area contributed by atoms with E-state index in [0.717, 1.165) is 32.2 Å². The van der Waals surface area contributed by atoms with Crippen molar-refractivity contribution in [3.8, 4) is 0 Å². The SMILES string of the molecule is CO[Si](C)(C)CSc1ncc(COCCOCCOCCOCCOCCOCCN=[N+]=[N-])cn1.C[Si](C)(C)CSc1ncc(COCCOCCOCCOCCOCCOCCN=[N+]=[N-])cn1. The van der Waals surface area contributed by atoms with Crippen LogP contribution < -0.4 is 0 Å². The lowest BCUT2D eigenvalue weighted by Crippen LogP contribution is -2.32. The van der Waals surface area contributed by atoms with Crippen LogP contribution in [0.25, 0.3) is 20.9 Å². The predicted molar refractivity (Wildman–Crippen MR) is 269 cm³/mol. The van der Waals surface area contributed by atoms with Crippen LogP contribution in [0.1, 0.15) is 11.1 Å². The van der Waals surface area contributed by atoms with Crippen molar-refractivity contribution < 1.29 is 61.3 Å². The zero-order valence-electron chi connectivity index (χ0n) is 41.7. The van der Waals surface area contributed by atoms with Crippen molar-refractivity contribution in [3.63, 3.8) is 0 Å². The second kappa shape index (κ2) is 46.5. The number of aromatic nitrogens is 4. The maximum absolute atomic E-state index is 8.12. The Balaban J connectivity index is 0.000000690. The van der Waals surface area contributed by atoms with E-state index >= 15 is 0 Å². The number of azide groups is 2. The van der Waals surface area contributed by atoms with Gasteiger partial charge in [-0.1, -0.05) is 53.4 Å². The molecule has 2 aromatic rings. The highest BCUT2D eigenvalue weighted by atomic mass is 32.2. The van der Waals surface area contributed by atoms with Crippen LogP contribution in [0.15, 0.2) is 45.3 Å². The van der Waals surface area contributed by atoms with Crippen LogP contribution in [0.4, 0.5) is 0 Å². The Morgan fingerprint density at radius 1 is 0.420 bits per heavy atom. The number of thioether (sulfide) groups is 2. The number of nitrogens with zero attached hydrogens (tertiary/aromatic N) is 10. The van der Waals surface area contributed by atoms with Gasteiger partial charge in [-0.2, -0.15) is 0 Å². The molecule has 0 saturated heterocycles. The third-order valence-corrected chi connectivity index (χ3v) is 17.6. The van der Waals surface area contributed by atoms with Crippen LogP contribution >= 0.6 is 23.5 Å². The molecule has 0 bridgehead atoms. The summed E-state index contributed by atoms with van der Waals surface area (Å²) in [6.45, 7) is 23.7. The molecule has 2 rings (SSSR count). The van der Waals surface area contributed by atoms with Crippen LogP contribution in [0.2, 0.25) is 32.7 Å². The molecule has 0 spiro atoms. The van der Waals surface area contributed by atoms with Gasteiger partial charge in [-0.25, -0.2) is 19.9 Å². The molecular formula is C42H78N10O13S2Si2. The van der Waals surface area contributed by atoms with Crippen LogP contribution in [-0.4, -0.2) is 213 Å². The fourth-order valence-corrected chi connectivity index (χ4v) is 9.58. The Bertz CT molecular complexity index is 1580. The molecule has 0 aliphatic heterocycles. The molecule has 0 aliphatic carbocycles. The van der Waals surface area contributed by atoms with E-state index in [1.54, 1.807) is 43.0 Å². The van der Waals surface area contributed by atoms with E-state index in [1.165, 1.54) is 0 Å². The lowest BCUT2D eigenvalue weighted by Gasteiger charge is -2.18. The van der Waals surface area contributed by atoms with E-state index in [2.05, 4.69) is 72.7 Å². The van der Waals surface area contributed by atoms with Gasteiger partial charge in [-0.3, -0.25) is 0 Å². The monoisotopic (exact) mass is 1050 g/mol. The summed E-state index contributed by atoms with van der Waals surface area (Å²) in [5.74, 6) is 0. The van der Waals surface area contributed by atoms with E-state index < -0.39 is 16.4 Å². The van der Waals surface area contributed by atoms with E-state index in [1.807, 2.05) is 12.4 Å². The minimum absolute atomic E-state index is 0.332. The zero-order chi connectivity index (χ0) is 50.2. The Kier molecular flexibility index (Phi) is 43.4. The first-order valence-corrected chi connectivity index (χ1v) is 31.7. The van der Waals surface area contributed by atoms with Gasteiger partial charge in [0, 0.05) is 71.3 Å². The third kappa shape index (κ3) is 45.0. The van der Waals surface area contributed by atoms with Crippen LogP contribution in [0.3, 0.4) is 0 Å². The minimum atomic E-state index is -1.62. The van der Waals surface area contributed by atoms with Gasteiger partial charge in [-0.05, 0) is 29.5 Å². The summed E-state index contributed by atoms with van der Waals surface area (Å²) in [7, 11) is -0.959. The first-order chi connectivity index (χ1) is 33.6. The standard InChI is InChI=1S/C21H39N5O7SSi.C21H39N5O6SSi/c1-27-35(2,3)19-34-21-23-16-20(17-24-21)18-33-15-14-32-13-12-31-11-10-30-9-8-29-7-6-28-5-4-25-26-22;1-34(2,3)19-33-21-23-16-20(17-24-21)18-32-15-14-31-13-12-30-11-10-29-9-8-28-7-6-27-5-4-25-26-22/h16-17H,4-15,18-19H2,1-3H3;16-17H,4-15,18-19H2,1-3H3. The molecule has 2 heterocycles. The summed E-state index contributed by atoms with van der Waals surface area (Å²) < 4.78 is 70.6. The summed E-state index contributed by atoms with van der Waals surface area (Å²) in [5, 5.41) is 10.4. The molecule has 0 N–H and O–H groups in total. The average Bonchev–Trinajstić information content (AvgIpc) is 3.34. The average molecular weight is 1050 g/mol. The van der Waals surface area contributed by atoms with Gasteiger partial charge in [0.15, 0.2) is 18.6 Å². The third-order valence-electron chi connectivity index (χ3n) is 8.15. The van der Waals surface area contributed by atoms with Gasteiger partial charge >= 0.3 is 0 Å². The second-order valence-electron chi connectivity index (χ2n) is 16.0. The first-order valence-electron chi connectivity index (χ1n) is 23.0. The molecule has 0 unspecified atom stereocenters. The fraction of sp³-hybridized carbons (Fsp3) is 0.810. The molecule has 0 aromatic carbocycles. The van der Waals surface area contributed by atoms with Gasteiger partial charge in [0.05, 0.1) is 167 Å². The van der Waals surface area contributed by atoms with Gasteiger partial charge in [0.1, 0.15) is 0 Å². The lowest BCUT2D eigenvalue weighted by atomic mass is 10.4. The minimum Gasteiger partial charge on any atom is -0.420 e. The van der Waals surface area contributed by atoms with E-state index in [-0.39, 0.29) is 0 Å². The van der Waals surface area contributed by atoms with Crippen LogP contribution in [0, 0.1) is 0 Å². The normalized spacial score (nSPS) is 11.5. The highest BCUT2D eigenvalue weighted by Gasteiger charge is 2.21. The number of rotatable bonds is 47. The van der Waals surface area contributed by atoms with Crippen LogP contribution in [-0.2, 0) is 74.5 Å². The zero-order valence-corrected chi connectivity index (χ0v) is 45.3. The molecule has 23 nitrogen and oxygen atoms in total. The fourth-order valence-electron chi connectivity index (χ4n) is 4.44. The molecule has 394 valence electrons. The Morgan fingerprint density at radius 3 is 0.942 bits per heavy atom. The molecule has 0 amide bonds. The second-order valence-corrected chi connectivity index (χ2v) is 28.7. The quantitative estimate of drug-likeness (QED) is 0.0135. The number of hydrogen-bond acceptors (Lipinski definition) is 21. The van der Waals surface area contributed by atoms with Gasteiger partial charge < -0.3 is 61.3 Å². The highest BCUT2D eigenvalue weighted by molar-refractivity contribution is 8.01. The van der Waals surface area contributed by atoms with Crippen molar-refractivity contribution >= 4 is 39.9 Å². The smallest absolute Gasteiger partial charge is 0.196 e. The van der Waals surface area contributed by atoms with Crippen molar-refractivity contribution in [1.82, 2.24) is 19.9 Å². The summed E-state index contributed by atoms with van der Waals surface area (Å²) >= 11 is 3.35. The summed E-state index contributed by atoms with van der Waals surface area (Å²) in [6.07, 6.45) is 7.25.